The summed E-state index contributed by atoms with van der Waals surface area (Å²) < 4.78 is 12.9. The predicted molar refractivity (Wildman–Crippen MR) is 123 cm³/mol. The summed E-state index contributed by atoms with van der Waals surface area (Å²) in [4.78, 5) is 11.0. The molecule has 8 nitrogen and oxygen atoms in total. The number of hydrogen-bond acceptors (Lipinski definition) is 7. The first-order chi connectivity index (χ1) is 15.3. The molecule has 0 fully saturated rings. The highest BCUT2D eigenvalue weighted by molar-refractivity contribution is 7.98. The van der Waals surface area contributed by atoms with E-state index in [0.29, 0.717) is 56.1 Å². The van der Waals surface area contributed by atoms with Gasteiger partial charge in [-0.3, -0.25) is 10.1 Å². The van der Waals surface area contributed by atoms with E-state index in [9.17, 15) is 10.1 Å². The van der Waals surface area contributed by atoms with Crippen LogP contribution in [0.1, 0.15) is 25.0 Å². The second-order valence-corrected chi connectivity index (χ2v) is 9.47. The second-order valence-electron chi connectivity index (χ2n) is 7.68. The molecule has 0 aliphatic carbocycles. The van der Waals surface area contributed by atoms with Crippen LogP contribution in [0.2, 0.25) is 10.0 Å². The Morgan fingerprint density at radius 1 is 1.25 bits per heavy atom. The van der Waals surface area contributed by atoms with Crippen LogP contribution >= 0.6 is 35.0 Å². The summed E-state index contributed by atoms with van der Waals surface area (Å²) in [5.41, 5.74) is 2.13. The molecule has 11 heteroatoms. The SMILES string of the molecule is CC(C)Cn1c(SCc2cc([N+](=O)[O-])cc3c2OCOC3)nnc1-c1ccc(Cl)cc1Cl. The standard InChI is InChI=1S/C21H20Cl2N4O4S/c1-12(2)8-26-20(17-4-3-15(22)7-18(17)23)24-25-21(26)32-10-14-6-16(27(28)29)5-13-9-30-11-31-19(13)14/h3-7,12H,8-11H2,1-2H3. The van der Waals surface area contributed by atoms with Gasteiger partial charge in [0, 0.05) is 46.1 Å². The van der Waals surface area contributed by atoms with Crippen LogP contribution < -0.4 is 4.74 Å². The van der Waals surface area contributed by atoms with E-state index < -0.39 is 4.92 Å². The third kappa shape index (κ3) is 4.85. The third-order valence-corrected chi connectivity index (χ3v) is 6.34. The summed E-state index contributed by atoms with van der Waals surface area (Å²) in [5.74, 6) is 2.04. The Labute approximate surface area is 199 Å². The predicted octanol–water partition coefficient (Wildman–Crippen LogP) is 5.97. The van der Waals surface area contributed by atoms with Gasteiger partial charge in [0.05, 0.1) is 16.6 Å². The molecule has 0 saturated carbocycles. The Balaban J connectivity index is 1.68. The smallest absolute Gasteiger partial charge is 0.270 e. The molecule has 0 saturated heterocycles. The molecule has 32 heavy (non-hydrogen) atoms. The van der Waals surface area contributed by atoms with Crippen molar-refractivity contribution >= 4 is 40.7 Å². The van der Waals surface area contributed by atoms with Crippen molar-refractivity contribution in [2.24, 2.45) is 5.92 Å². The van der Waals surface area contributed by atoms with Crippen LogP contribution in [0.15, 0.2) is 35.5 Å². The van der Waals surface area contributed by atoms with Gasteiger partial charge in [0.2, 0.25) is 0 Å². The average Bonchev–Trinajstić information content (AvgIpc) is 3.13. The molecule has 1 aromatic heterocycles. The van der Waals surface area contributed by atoms with Crippen LogP contribution in [-0.2, 0) is 23.6 Å². The second kappa shape index (κ2) is 9.66. The minimum absolute atomic E-state index is 0.00531. The number of hydrogen-bond donors (Lipinski definition) is 0. The largest absolute Gasteiger partial charge is 0.467 e. The van der Waals surface area contributed by atoms with Crippen molar-refractivity contribution in [3.8, 4) is 17.1 Å². The molecule has 0 amide bonds. The van der Waals surface area contributed by atoms with Crippen molar-refractivity contribution in [2.45, 2.75) is 37.9 Å². The van der Waals surface area contributed by atoms with Gasteiger partial charge in [0.1, 0.15) is 5.75 Å². The fourth-order valence-corrected chi connectivity index (χ4v) is 4.84. The topological polar surface area (TPSA) is 92.3 Å². The summed E-state index contributed by atoms with van der Waals surface area (Å²) >= 11 is 13.9. The summed E-state index contributed by atoms with van der Waals surface area (Å²) in [5, 5.41) is 21.9. The number of nitrogens with zero attached hydrogens (tertiary/aromatic N) is 4. The van der Waals surface area contributed by atoms with E-state index in [1.54, 1.807) is 12.1 Å². The minimum Gasteiger partial charge on any atom is -0.467 e. The van der Waals surface area contributed by atoms with Crippen molar-refractivity contribution in [3.05, 3.63) is 61.6 Å². The summed E-state index contributed by atoms with van der Waals surface area (Å²) in [7, 11) is 0. The van der Waals surface area contributed by atoms with Crippen LogP contribution in [0.25, 0.3) is 11.4 Å². The highest BCUT2D eigenvalue weighted by Crippen LogP contribution is 2.37. The quantitative estimate of drug-likeness (QED) is 0.226. The maximum absolute atomic E-state index is 11.4. The van der Waals surface area contributed by atoms with E-state index in [-0.39, 0.29) is 19.1 Å². The fraction of sp³-hybridized carbons (Fsp3) is 0.333. The molecule has 0 atom stereocenters. The number of benzene rings is 2. The highest BCUT2D eigenvalue weighted by atomic mass is 35.5. The molecule has 4 rings (SSSR count). The lowest BCUT2D eigenvalue weighted by Gasteiger charge is -2.20. The molecular formula is C21H20Cl2N4O4S. The molecule has 0 bridgehead atoms. The number of rotatable bonds is 7. The Hall–Kier alpha value is -2.33. The number of non-ortho nitro benzene ring substituents is 1. The zero-order valence-corrected chi connectivity index (χ0v) is 19.7. The summed E-state index contributed by atoms with van der Waals surface area (Å²) in [6.45, 7) is 5.28. The van der Waals surface area contributed by atoms with Crippen molar-refractivity contribution < 1.29 is 14.4 Å². The van der Waals surface area contributed by atoms with E-state index in [1.807, 2.05) is 10.6 Å². The van der Waals surface area contributed by atoms with Crippen LogP contribution in [0, 0.1) is 16.0 Å². The van der Waals surface area contributed by atoms with E-state index in [1.165, 1.54) is 23.9 Å². The number of fused-ring (bicyclic) bond motifs is 1. The molecule has 0 radical (unpaired) electrons. The maximum atomic E-state index is 11.4. The number of nitro benzene ring substituents is 1. The van der Waals surface area contributed by atoms with Gasteiger partial charge < -0.3 is 14.0 Å². The number of aromatic nitrogens is 3. The molecule has 1 aliphatic heterocycles. The molecule has 3 aromatic rings. The highest BCUT2D eigenvalue weighted by Gasteiger charge is 2.23. The van der Waals surface area contributed by atoms with Gasteiger partial charge >= 0.3 is 0 Å². The Morgan fingerprint density at radius 2 is 2.06 bits per heavy atom. The molecule has 0 spiro atoms. The maximum Gasteiger partial charge on any atom is 0.270 e. The molecule has 0 unspecified atom stereocenters. The van der Waals surface area contributed by atoms with Crippen molar-refractivity contribution in [3.63, 3.8) is 0 Å². The van der Waals surface area contributed by atoms with E-state index in [0.717, 1.165) is 5.56 Å². The van der Waals surface area contributed by atoms with Crippen molar-refractivity contribution in [1.29, 1.82) is 0 Å². The number of ether oxygens (including phenoxy) is 2. The van der Waals surface area contributed by atoms with Crippen LogP contribution in [0.4, 0.5) is 5.69 Å². The molecular weight excluding hydrogens is 475 g/mol. The monoisotopic (exact) mass is 494 g/mol. The normalized spacial score (nSPS) is 13.2. The Kier molecular flexibility index (Phi) is 6.90. The molecule has 168 valence electrons. The van der Waals surface area contributed by atoms with Crippen LogP contribution in [-0.4, -0.2) is 26.5 Å². The average molecular weight is 495 g/mol. The first-order valence-corrected chi connectivity index (χ1v) is 11.6. The van der Waals surface area contributed by atoms with Gasteiger partial charge in [-0.05, 0) is 24.1 Å². The van der Waals surface area contributed by atoms with Crippen LogP contribution in [0.5, 0.6) is 5.75 Å². The molecule has 2 aromatic carbocycles. The lowest BCUT2D eigenvalue weighted by molar-refractivity contribution is -0.385. The Bertz CT molecular complexity index is 1170. The first kappa shape index (κ1) is 22.8. The van der Waals surface area contributed by atoms with Gasteiger partial charge in [-0.25, -0.2) is 0 Å². The molecule has 2 heterocycles. The third-order valence-electron chi connectivity index (χ3n) is 4.78. The first-order valence-electron chi connectivity index (χ1n) is 9.85. The summed E-state index contributed by atoms with van der Waals surface area (Å²) in [6.07, 6.45) is 0. The van der Waals surface area contributed by atoms with Gasteiger partial charge in [0.25, 0.3) is 5.69 Å². The van der Waals surface area contributed by atoms with Gasteiger partial charge in [-0.15, -0.1) is 10.2 Å². The lowest BCUT2D eigenvalue weighted by atomic mass is 10.1. The molecule has 1 aliphatic rings. The van der Waals surface area contributed by atoms with Crippen LogP contribution in [0.3, 0.4) is 0 Å². The zero-order chi connectivity index (χ0) is 22.8. The number of halogens is 2. The van der Waals surface area contributed by atoms with E-state index in [4.69, 9.17) is 32.7 Å². The van der Waals surface area contributed by atoms with E-state index in [2.05, 4.69) is 24.0 Å². The van der Waals surface area contributed by atoms with Gasteiger partial charge in [-0.1, -0.05) is 48.8 Å². The van der Waals surface area contributed by atoms with Gasteiger partial charge in [-0.2, -0.15) is 0 Å². The number of thioether (sulfide) groups is 1. The molecule has 0 N–H and O–H groups in total. The van der Waals surface area contributed by atoms with Crippen molar-refractivity contribution in [2.75, 3.05) is 6.79 Å². The van der Waals surface area contributed by atoms with Gasteiger partial charge in [0.15, 0.2) is 17.8 Å². The zero-order valence-electron chi connectivity index (χ0n) is 17.4. The number of nitro groups is 1. The minimum atomic E-state index is -0.412. The Morgan fingerprint density at radius 3 is 2.78 bits per heavy atom. The van der Waals surface area contributed by atoms with E-state index >= 15 is 0 Å². The summed E-state index contributed by atoms with van der Waals surface area (Å²) in [6, 6.07) is 8.29. The lowest BCUT2D eigenvalue weighted by Crippen LogP contribution is -2.13. The van der Waals surface area contributed by atoms with Crippen molar-refractivity contribution in [1.82, 2.24) is 14.8 Å². The fourth-order valence-electron chi connectivity index (χ4n) is 3.43.